The molecule has 0 N–H and O–H groups in total. The monoisotopic (exact) mass is 533 g/mol. The zero-order valence-corrected chi connectivity index (χ0v) is 23.0. The van der Waals surface area contributed by atoms with Crippen LogP contribution < -0.4 is 19.5 Å². The molecule has 6 aromatic carbocycles. The van der Waals surface area contributed by atoms with Crippen LogP contribution in [0.3, 0.4) is 0 Å². The summed E-state index contributed by atoms with van der Waals surface area (Å²) < 4.78 is 18.8. The molecule has 0 aromatic heterocycles. The Labute approximate surface area is 240 Å². The molecule has 0 saturated carbocycles. The Morgan fingerprint density at radius 2 is 1.22 bits per heavy atom. The van der Waals surface area contributed by atoms with Crippen molar-refractivity contribution in [3.05, 3.63) is 132 Å². The molecule has 6 aromatic rings. The Bertz CT molecular complexity index is 1830. The summed E-state index contributed by atoms with van der Waals surface area (Å²) in [6.07, 6.45) is 1.92. The summed E-state index contributed by atoms with van der Waals surface area (Å²) >= 11 is 0. The van der Waals surface area contributed by atoms with E-state index >= 15 is 0 Å². The van der Waals surface area contributed by atoms with Gasteiger partial charge in [-0.05, 0) is 63.9 Å². The van der Waals surface area contributed by atoms with Crippen molar-refractivity contribution in [3.8, 4) is 28.4 Å². The summed E-state index contributed by atoms with van der Waals surface area (Å²) in [5, 5.41) is 4.59. The van der Waals surface area contributed by atoms with Crippen LogP contribution in [-0.4, -0.2) is 20.4 Å². The molecule has 0 saturated heterocycles. The summed E-state index contributed by atoms with van der Waals surface area (Å²) in [5.74, 6) is 2.42. The lowest BCUT2D eigenvalue weighted by atomic mass is 9.75. The Balaban J connectivity index is 1.33. The van der Waals surface area contributed by atoms with Gasteiger partial charge in [-0.15, -0.1) is 0 Å². The molecule has 1 aliphatic rings. The minimum Gasteiger partial charge on any atom is -0.521 e. The molecular weight excluding hydrogens is 505 g/mol. The van der Waals surface area contributed by atoms with Crippen LogP contribution in [0, 0.1) is 0 Å². The Morgan fingerprint density at radius 1 is 0.659 bits per heavy atom. The van der Waals surface area contributed by atoms with Gasteiger partial charge in [0, 0.05) is 22.8 Å². The van der Waals surface area contributed by atoms with E-state index in [-0.39, 0.29) is 6.04 Å². The third kappa shape index (κ3) is 4.59. The molecule has 4 nitrogen and oxygen atoms in total. The topological polar surface area (TPSA) is 40.0 Å². The third-order valence-corrected chi connectivity index (χ3v) is 7.78. The van der Waals surface area contributed by atoms with E-state index in [4.69, 9.17) is 19.0 Å². The molecule has 7 rings (SSSR count). The maximum absolute atomic E-state index is 6.74. The first-order valence-corrected chi connectivity index (χ1v) is 13.8. The van der Waals surface area contributed by atoms with Gasteiger partial charge in [-0.3, -0.25) is 4.99 Å². The van der Waals surface area contributed by atoms with Crippen LogP contribution >= 0.6 is 0 Å². The standard InChI is InChI=1S/C36H28BNO3/c1-24(25-15-19-29(39-2)20-16-25)38-23-28-11-5-8-14-32(28)37-40-33-21-17-26-9-3-6-12-30(26)35(33)36-31-13-7-4-10-27(31)18-22-34(36)41-37/h3-24H,1-2H3/t24-/m0/s1. The fourth-order valence-corrected chi connectivity index (χ4v) is 5.60. The van der Waals surface area contributed by atoms with E-state index in [1.165, 1.54) is 0 Å². The van der Waals surface area contributed by atoms with Gasteiger partial charge in [0.1, 0.15) is 17.2 Å². The van der Waals surface area contributed by atoms with Crippen molar-refractivity contribution < 1.29 is 14.0 Å². The summed E-state index contributed by atoms with van der Waals surface area (Å²) in [6, 6.07) is 41.4. The lowest BCUT2D eigenvalue weighted by Gasteiger charge is -2.17. The molecule has 0 fully saturated rings. The second-order valence-electron chi connectivity index (χ2n) is 10.2. The summed E-state index contributed by atoms with van der Waals surface area (Å²) in [4.78, 5) is 4.89. The van der Waals surface area contributed by atoms with Crippen molar-refractivity contribution in [1.82, 2.24) is 0 Å². The first-order valence-electron chi connectivity index (χ1n) is 13.8. The maximum atomic E-state index is 6.74. The van der Waals surface area contributed by atoms with Crippen molar-refractivity contribution in [1.29, 1.82) is 0 Å². The quantitative estimate of drug-likeness (QED) is 0.166. The number of rotatable bonds is 5. The number of aliphatic imine (C=N–C) groups is 1. The highest BCUT2D eigenvalue weighted by atomic mass is 16.6. The fraction of sp³-hybridized carbons (Fsp3) is 0.0833. The van der Waals surface area contributed by atoms with Crippen molar-refractivity contribution in [3.63, 3.8) is 0 Å². The molecule has 1 heterocycles. The molecule has 1 aliphatic heterocycles. The van der Waals surface area contributed by atoms with E-state index < -0.39 is 7.12 Å². The van der Waals surface area contributed by atoms with Crippen molar-refractivity contribution in [2.75, 3.05) is 7.11 Å². The van der Waals surface area contributed by atoms with Crippen molar-refractivity contribution >= 4 is 40.3 Å². The molecular formula is C36H28BNO3. The lowest BCUT2D eigenvalue weighted by molar-refractivity contribution is 0.414. The zero-order valence-electron chi connectivity index (χ0n) is 23.0. The molecule has 0 spiro atoms. The molecule has 41 heavy (non-hydrogen) atoms. The van der Waals surface area contributed by atoms with Gasteiger partial charge in [0.05, 0.1) is 13.2 Å². The number of fused-ring (bicyclic) bond motifs is 7. The van der Waals surface area contributed by atoms with Crippen LogP contribution in [0.2, 0.25) is 0 Å². The predicted octanol–water partition coefficient (Wildman–Crippen LogP) is 8.02. The Hall–Kier alpha value is -5.03. The molecule has 0 aliphatic carbocycles. The smallest absolute Gasteiger partial charge is 0.521 e. The van der Waals surface area contributed by atoms with E-state index in [0.29, 0.717) is 0 Å². The van der Waals surface area contributed by atoms with Crippen LogP contribution in [0.25, 0.3) is 32.7 Å². The lowest BCUT2D eigenvalue weighted by Crippen LogP contribution is -2.44. The van der Waals surface area contributed by atoms with Crippen LogP contribution in [0.5, 0.6) is 17.2 Å². The maximum Gasteiger partial charge on any atom is 0.633 e. The highest BCUT2D eigenvalue weighted by molar-refractivity contribution is 6.64. The second kappa shape index (κ2) is 10.5. The van der Waals surface area contributed by atoms with E-state index in [0.717, 1.165) is 66.5 Å². The van der Waals surface area contributed by atoms with E-state index in [1.807, 2.05) is 42.6 Å². The third-order valence-electron chi connectivity index (χ3n) is 7.78. The van der Waals surface area contributed by atoms with Gasteiger partial charge in [0.15, 0.2) is 0 Å². The van der Waals surface area contributed by atoms with Gasteiger partial charge in [0.2, 0.25) is 0 Å². The fourth-order valence-electron chi connectivity index (χ4n) is 5.60. The molecule has 0 bridgehead atoms. The van der Waals surface area contributed by atoms with Gasteiger partial charge < -0.3 is 14.0 Å². The summed E-state index contributed by atoms with van der Waals surface area (Å²) in [6.45, 7) is 2.09. The van der Waals surface area contributed by atoms with Gasteiger partial charge >= 0.3 is 7.12 Å². The SMILES string of the molecule is COc1ccc([C@H](C)N=Cc2ccccc2B2Oc3ccc4ccccc4c3-c3c(ccc4ccccc34)O2)cc1. The first-order chi connectivity index (χ1) is 20.2. The van der Waals surface area contributed by atoms with Gasteiger partial charge in [-0.25, -0.2) is 0 Å². The van der Waals surface area contributed by atoms with Crippen molar-refractivity contribution in [2.45, 2.75) is 13.0 Å². The van der Waals surface area contributed by atoms with Gasteiger partial charge in [-0.2, -0.15) is 0 Å². The van der Waals surface area contributed by atoms with Gasteiger partial charge in [0.25, 0.3) is 0 Å². The minimum atomic E-state index is -0.656. The number of methoxy groups -OCH3 is 1. The van der Waals surface area contributed by atoms with Crippen molar-refractivity contribution in [2.24, 2.45) is 4.99 Å². The Kier molecular flexibility index (Phi) is 6.40. The highest BCUT2D eigenvalue weighted by Gasteiger charge is 2.34. The zero-order chi connectivity index (χ0) is 27.8. The Morgan fingerprint density at radius 3 is 1.83 bits per heavy atom. The second-order valence-corrected chi connectivity index (χ2v) is 10.2. The highest BCUT2D eigenvalue weighted by Crippen LogP contribution is 2.47. The summed E-state index contributed by atoms with van der Waals surface area (Å²) in [5.41, 5.74) is 5.08. The van der Waals surface area contributed by atoms with E-state index in [2.05, 4.69) is 91.9 Å². The average molecular weight is 533 g/mol. The number of benzene rings is 6. The van der Waals surface area contributed by atoms with Gasteiger partial charge in [-0.1, -0.05) is 97.1 Å². The predicted molar refractivity (Wildman–Crippen MR) is 169 cm³/mol. The van der Waals surface area contributed by atoms with E-state index in [1.54, 1.807) is 7.11 Å². The van der Waals surface area contributed by atoms with Crippen LogP contribution in [0.15, 0.2) is 126 Å². The minimum absolute atomic E-state index is 0.0240. The number of nitrogens with zero attached hydrogens (tertiary/aromatic N) is 1. The molecule has 0 amide bonds. The molecule has 1 atom stereocenters. The van der Waals surface area contributed by atoms with Crippen LogP contribution in [0.4, 0.5) is 0 Å². The molecule has 0 unspecified atom stereocenters. The number of hydrogen-bond donors (Lipinski definition) is 0. The normalized spacial score (nSPS) is 13.3. The summed E-state index contributed by atoms with van der Waals surface area (Å²) in [7, 11) is 1.02. The largest absolute Gasteiger partial charge is 0.633 e. The van der Waals surface area contributed by atoms with E-state index in [9.17, 15) is 0 Å². The van der Waals surface area contributed by atoms with Crippen LogP contribution in [-0.2, 0) is 0 Å². The molecule has 0 radical (unpaired) electrons. The van der Waals surface area contributed by atoms with Crippen LogP contribution in [0.1, 0.15) is 24.1 Å². The molecule has 5 heteroatoms. The number of ether oxygens (including phenoxy) is 1. The average Bonchev–Trinajstić information content (AvgIpc) is 3.21. The number of hydrogen-bond acceptors (Lipinski definition) is 4. The molecule has 198 valence electrons. The first kappa shape index (κ1) is 25.0.